The number of rotatable bonds is 8. The summed E-state index contributed by atoms with van der Waals surface area (Å²) in [7, 11) is 0. The predicted molar refractivity (Wildman–Crippen MR) is 165 cm³/mol. The van der Waals surface area contributed by atoms with Crippen LogP contribution in [0.3, 0.4) is 0 Å². The molecule has 2 aliphatic heterocycles. The van der Waals surface area contributed by atoms with Crippen molar-refractivity contribution in [2.24, 2.45) is 5.92 Å². The van der Waals surface area contributed by atoms with E-state index < -0.39 is 29.9 Å². The summed E-state index contributed by atoms with van der Waals surface area (Å²) in [5, 5.41) is 18.6. The van der Waals surface area contributed by atoms with Gasteiger partial charge in [0.25, 0.3) is 5.91 Å². The number of urea groups is 2. The van der Waals surface area contributed by atoms with E-state index in [1.54, 1.807) is 16.8 Å². The van der Waals surface area contributed by atoms with Crippen LogP contribution in [0.4, 0.5) is 21.1 Å². The smallest absolute Gasteiger partial charge is 0.324 e. The minimum Gasteiger partial charge on any atom is -0.326 e. The van der Waals surface area contributed by atoms with Gasteiger partial charge in [-0.1, -0.05) is 50.6 Å². The Morgan fingerprint density at radius 2 is 1.67 bits per heavy atom. The number of nitrogens with one attached hydrogen (secondary N) is 5. The zero-order valence-corrected chi connectivity index (χ0v) is 25.0. The maximum atomic E-state index is 13.5. The molecule has 2 aromatic carbocycles. The molecule has 43 heavy (non-hydrogen) atoms. The van der Waals surface area contributed by atoms with Gasteiger partial charge >= 0.3 is 12.1 Å². The maximum absolute atomic E-state index is 13.5. The number of ketones is 1. The molecule has 0 aliphatic carbocycles. The van der Waals surface area contributed by atoms with Gasteiger partial charge in [-0.25, -0.2) is 14.3 Å². The number of aryl methyl sites for hydroxylation is 1. The highest BCUT2D eigenvalue weighted by atomic mass is 16.2. The van der Waals surface area contributed by atoms with Crippen molar-refractivity contribution in [2.75, 3.05) is 23.7 Å². The van der Waals surface area contributed by atoms with Gasteiger partial charge in [0, 0.05) is 29.5 Å². The topological polar surface area (TPSA) is 146 Å². The number of hydrogen-bond donors (Lipinski definition) is 5. The van der Waals surface area contributed by atoms with Gasteiger partial charge in [-0.2, -0.15) is 5.10 Å². The fourth-order valence-corrected chi connectivity index (χ4v) is 5.60. The Kier molecular flexibility index (Phi) is 8.63. The average Bonchev–Trinajstić information content (AvgIpc) is 3.52. The Morgan fingerprint density at radius 3 is 2.28 bits per heavy atom. The van der Waals surface area contributed by atoms with Crippen LogP contribution in [0, 0.1) is 12.8 Å². The summed E-state index contributed by atoms with van der Waals surface area (Å²) in [5.41, 5.74) is 3.98. The predicted octanol–water partition coefficient (Wildman–Crippen LogP) is 4.37. The van der Waals surface area contributed by atoms with E-state index in [1.165, 1.54) is 0 Å². The van der Waals surface area contributed by atoms with Crippen LogP contribution in [-0.2, 0) is 15.0 Å². The fraction of sp³-hybridized carbons (Fsp3) is 0.406. The highest BCUT2D eigenvalue weighted by Crippen LogP contribution is 2.34. The largest absolute Gasteiger partial charge is 0.326 e. The first-order valence-electron chi connectivity index (χ1n) is 14.7. The van der Waals surface area contributed by atoms with Gasteiger partial charge in [-0.3, -0.25) is 20.2 Å². The molecule has 5 N–H and O–H groups in total. The number of imide groups is 1. The van der Waals surface area contributed by atoms with Gasteiger partial charge in [0.05, 0.1) is 11.4 Å². The maximum Gasteiger partial charge on any atom is 0.324 e. The lowest BCUT2D eigenvalue weighted by Crippen LogP contribution is -2.37. The number of anilines is 2. The van der Waals surface area contributed by atoms with Crippen molar-refractivity contribution in [3.63, 3.8) is 0 Å². The number of carbonyl (C=O) groups excluding carboxylic acids is 4. The Balaban J connectivity index is 1.31. The molecule has 5 amide bonds. The molecule has 2 saturated heterocycles. The summed E-state index contributed by atoms with van der Waals surface area (Å²) in [6.45, 7) is 9.85. The van der Waals surface area contributed by atoms with Crippen molar-refractivity contribution in [3.05, 3.63) is 71.4 Å². The molecule has 0 saturated carbocycles. The van der Waals surface area contributed by atoms with Crippen molar-refractivity contribution in [1.82, 2.24) is 25.7 Å². The molecule has 2 fully saturated rings. The van der Waals surface area contributed by atoms with Crippen LogP contribution in [-0.4, -0.2) is 52.7 Å². The van der Waals surface area contributed by atoms with E-state index in [4.69, 9.17) is 5.10 Å². The summed E-state index contributed by atoms with van der Waals surface area (Å²) in [6, 6.07) is 15.2. The number of aromatic nitrogens is 2. The second-order valence-corrected chi connectivity index (χ2v) is 12.4. The monoisotopic (exact) mass is 585 g/mol. The zero-order valence-electron chi connectivity index (χ0n) is 25.0. The molecular weight excluding hydrogens is 546 g/mol. The first kappa shape index (κ1) is 30.0. The van der Waals surface area contributed by atoms with E-state index >= 15 is 0 Å². The third-order valence-corrected chi connectivity index (χ3v) is 7.99. The second kappa shape index (κ2) is 12.4. The Morgan fingerprint density at radius 1 is 1.00 bits per heavy atom. The Hall–Kier alpha value is -4.51. The molecule has 0 spiro atoms. The molecule has 2 aliphatic rings. The lowest BCUT2D eigenvalue weighted by molar-refractivity contribution is -0.126. The summed E-state index contributed by atoms with van der Waals surface area (Å²) in [6.07, 6.45) is 1.58. The normalized spacial score (nSPS) is 18.1. The summed E-state index contributed by atoms with van der Waals surface area (Å²) < 4.78 is 1.73. The molecule has 0 radical (unpaired) electrons. The van der Waals surface area contributed by atoms with Crippen molar-refractivity contribution < 1.29 is 19.2 Å². The fourth-order valence-electron chi connectivity index (χ4n) is 5.60. The van der Waals surface area contributed by atoms with Crippen LogP contribution >= 0.6 is 0 Å². The molecule has 2 atom stereocenters. The summed E-state index contributed by atoms with van der Waals surface area (Å²) in [5.74, 6) is -0.342. The standard InChI is InChI=1S/C32H39N7O4/c1-19-5-11-23(12-6-19)39-27(18-26(38-39)32(2,3)4)36-30(42)34-22-9-7-20(8-10-22)28(21-13-15-33-16-14-21)25(40)17-24-29(41)37-31(43)35-24/h5-12,18,21,24,28,33H,13-17H2,1-4H3,(H2,34,36,42)(H2,35,37,41,43). The highest BCUT2D eigenvalue weighted by Gasteiger charge is 2.37. The van der Waals surface area contributed by atoms with Crippen LogP contribution in [0.2, 0.25) is 0 Å². The number of piperidine rings is 1. The summed E-state index contributed by atoms with van der Waals surface area (Å²) in [4.78, 5) is 50.3. The highest BCUT2D eigenvalue weighted by molar-refractivity contribution is 6.06. The lowest BCUT2D eigenvalue weighted by atomic mass is 9.76. The Bertz CT molecular complexity index is 1500. The number of carbonyl (C=O) groups is 4. The van der Waals surface area contributed by atoms with Gasteiger partial charge in [-0.15, -0.1) is 0 Å². The Labute approximate surface area is 251 Å². The van der Waals surface area contributed by atoms with Crippen molar-refractivity contribution in [1.29, 1.82) is 0 Å². The third kappa shape index (κ3) is 7.11. The van der Waals surface area contributed by atoms with Gasteiger partial charge in [-0.05, 0) is 68.6 Å². The van der Waals surface area contributed by atoms with E-state index in [0.29, 0.717) is 11.5 Å². The van der Waals surface area contributed by atoms with Crippen LogP contribution in [0.1, 0.15) is 62.8 Å². The molecule has 3 aromatic rings. The third-order valence-electron chi connectivity index (χ3n) is 7.99. The molecule has 226 valence electrons. The zero-order chi connectivity index (χ0) is 30.7. The van der Waals surface area contributed by atoms with Gasteiger partial charge in [0.1, 0.15) is 17.6 Å². The minimum absolute atomic E-state index is 0.0696. The van der Waals surface area contributed by atoms with E-state index in [-0.39, 0.29) is 23.5 Å². The number of nitrogens with zero attached hydrogens (tertiary/aromatic N) is 2. The molecule has 0 bridgehead atoms. The van der Waals surface area contributed by atoms with E-state index in [2.05, 4.69) is 47.4 Å². The van der Waals surface area contributed by atoms with E-state index in [0.717, 1.165) is 48.4 Å². The number of benzene rings is 2. The first-order chi connectivity index (χ1) is 20.5. The van der Waals surface area contributed by atoms with Gasteiger partial charge < -0.3 is 16.0 Å². The molecule has 2 unspecified atom stereocenters. The average molecular weight is 586 g/mol. The van der Waals surface area contributed by atoms with Crippen LogP contribution in [0.15, 0.2) is 54.6 Å². The van der Waals surface area contributed by atoms with Crippen molar-refractivity contribution in [2.45, 2.75) is 64.3 Å². The van der Waals surface area contributed by atoms with Gasteiger partial charge in [0.2, 0.25) is 0 Å². The lowest BCUT2D eigenvalue weighted by Gasteiger charge is -2.30. The minimum atomic E-state index is -0.860. The number of amides is 5. The van der Waals surface area contributed by atoms with E-state index in [1.807, 2.05) is 49.4 Å². The molecule has 11 heteroatoms. The number of Topliss-reactive ketones (excluding diaryl/α,β-unsaturated/α-hetero) is 1. The molecule has 3 heterocycles. The molecule has 11 nitrogen and oxygen atoms in total. The quantitative estimate of drug-likeness (QED) is 0.248. The van der Waals surface area contributed by atoms with E-state index in [9.17, 15) is 19.2 Å². The van der Waals surface area contributed by atoms with Crippen molar-refractivity contribution in [3.8, 4) is 5.69 Å². The second-order valence-electron chi connectivity index (χ2n) is 12.4. The first-order valence-corrected chi connectivity index (χ1v) is 14.7. The van der Waals surface area contributed by atoms with Gasteiger partial charge in [0.15, 0.2) is 0 Å². The SMILES string of the molecule is Cc1ccc(-n2nc(C(C)(C)C)cc2NC(=O)Nc2ccc(C(C(=O)CC3NC(=O)NC3=O)C3CCNCC3)cc2)cc1. The molecule has 1 aromatic heterocycles. The number of hydrogen-bond acceptors (Lipinski definition) is 6. The van der Waals surface area contributed by atoms with Crippen LogP contribution in [0.25, 0.3) is 5.69 Å². The van der Waals surface area contributed by atoms with Crippen molar-refractivity contribution >= 4 is 35.3 Å². The molecular formula is C32H39N7O4. The van der Waals surface area contributed by atoms with Crippen LogP contribution < -0.4 is 26.6 Å². The summed E-state index contributed by atoms with van der Waals surface area (Å²) >= 11 is 0. The molecule has 5 rings (SSSR count). The van der Waals surface area contributed by atoms with Crippen LogP contribution in [0.5, 0.6) is 0 Å².